The SMILES string of the molecule is CCCCO[Si](CCCC)(CCCC)CCCN(C)C. The van der Waals surface area contributed by atoms with Crippen LogP contribution in [0.15, 0.2) is 0 Å². The third-order valence-electron chi connectivity index (χ3n) is 4.12. The van der Waals surface area contributed by atoms with E-state index in [-0.39, 0.29) is 0 Å². The number of hydrogen-bond donors (Lipinski definition) is 0. The molecular weight excluding hydrogens is 262 g/mol. The van der Waals surface area contributed by atoms with Gasteiger partial charge in [0, 0.05) is 6.61 Å². The number of unbranched alkanes of at least 4 members (excludes halogenated alkanes) is 3. The zero-order chi connectivity index (χ0) is 15.3. The van der Waals surface area contributed by atoms with Crippen molar-refractivity contribution >= 4 is 8.32 Å². The van der Waals surface area contributed by atoms with Crippen molar-refractivity contribution < 1.29 is 4.43 Å². The Labute approximate surface area is 129 Å². The highest BCUT2D eigenvalue weighted by Gasteiger charge is 2.32. The summed E-state index contributed by atoms with van der Waals surface area (Å²) in [4.78, 5) is 2.31. The van der Waals surface area contributed by atoms with Crippen molar-refractivity contribution in [1.29, 1.82) is 0 Å². The van der Waals surface area contributed by atoms with Crippen molar-refractivity contribution in [3.63, 3.8) is 0 Å². The molecule has 0 saturated carbocycles. The second kappa shape index (κ2) is 12.8. The van der Waals surface area contributed by atoms with E-state index in [1.165, 1.54) is 69.6 Å². The van der Waals surface area contributed by atoms with E-state index in [0.29, 0.717) is 0 Å². The second-order valence-corrected chi connectivity index (χ2v) is 10.7. The number of hydrogen-bond acceptors (Lipinski definition) is 2. The standard InChI is InChI=1S/C17H39NOSi/c1-6-9-14-19-20(15-10-7-2,16-11-8-3)17-12-13-18(4)5/h6-17H2,1-5H3. The molecule has 0 aromatic rings. The van der Waals surface area contributed by atoms with Crippen molar-refractivity contribution in [1.82, 2.24) is 4.90 Å². The van der Waals surface area contributed by atoms with Gasteiger partial charge in [-0.1, -0.05) is 52.9 Å². The first-order valence-corrected chi connectivity index (χ1v) is 11.4. The Morgan fingerprint density at radius 3 is 1.70 bits per heavy atom. The predicted octanol–water partition coefficient (Wildman–Crippen LogP) is 5.30. The average Bonchev–Trinajstić information content (AvgIpc) is 2.42. The minimum absolute atomic E-state index is 1.01. The molecule has 0 bridgehead atoms. The van der Waals surface area contributed by atoms with Gasteiger partial charge in [-0.2, -0.15) is 0 Å². The molecule has 0 aliphatic rings. The summed E-state index contributed by atoms with van der Waals surface area (Å²) in [5, 5.41) is 0. The highest BCUT2D eigenvalue weighted by atomic mass is 28.4. The van der Waals surface area contributed by atoms with Gasteiger partial charge in [0.05, 0.1) is 0 Å². The van der Waals surface area contributed by atoms with Gasteiger partial charge >= 0.3 is 0 Å². The van der Waals surface area contributed by atoms with Gasteiger partial charge in [-0.25, -0.2) is 0 Å². The van der Waals surface area contributed by atoms with Gasteiger partial charge in [0.2, 0.25) is 0 Å². The van der Waals surface area contributed by atoms with E-state index in [2.05, 4.69) is 39.8 Å². The Morgan fingerprint density at radius 1 is 0.750 bits per heavy atom. The van der Waals surface area contributed by atoms with Crippen LogP contribution in [0.25, 0.3) is 0 Å². The first kappa shape index (κ1) is 20.1. The molecule has 0 aliphatic heterocycles. The molecular formula is C17H39NOSi. The van der Waals surface area contributed by atoms with Crippen molar-refractivity contribution in [3.05, 3.63) is 0 Å². The highest BCUT2D eigenvalue weighted by Crippen LogP contribution is 2.29. The van der Waals surface area contributed by atoms with Gasteiger partial charge in [-0.05, 0) is 51.6 Å². The normalized spacial score (nSPS) is 12.3. The monoisotopic (exact) mass is 301 g/mol. The largest absolute Gasteiger partial charge is 0.417 e. The fourth-order valence-corrected chi connectivity index (χ4v) is 7.30. The molecule has 0 aromatic carbocycles. The van der Waals surface area contributed by atoms with E-state index in [1.54, 1.807) is 0 Å². The van der Waals surface area contributed by atoms with Crippen LogP contribution in [0, 0.1) is 0 Å². The molecule has 0 radical (unpaired) electrons. The number of rotatable bonds is 14. The summed E-state index contributed by atoms with van der Waals surface area (Å²) in [5.74, 6) is 0. The molecule has 0 fully saturated rings. The van der Waals surface area contributed by atoms with Crippen LogP contribution in [0.5, 0.6) is 0 Å². The Balaban J connectivity index is 4.50. The third kappa shape index (κ3) is 9.95. The lowest BCUT2D eigenvalue weighted by molar-refractivity contribution is 0.284. The fraction of sp³-hybridized carbons (Fsp3) is 1.00. The fourth-order valence-electron chi connectivity index (χ4n) is 2.74. The molecule has 122 valence electrons. The van der Waals surface area contributed by atoms with E-state index >= 15 is 0 Å². The molecule has 0 aromatic heterocycles. The van der Waals surface area contributed by atoms with E-state index in [0.717, 1.165) is 6.61 Å². The minimum Gasteiger partial charge on any atom is -0.417 e. The van der Waals surface area contributed by atoms with Gasteiger partial charge in [0.25, 0.3) is 0 Å². The predicted molar refractivity (Wildman–Crippen MR) is 94.0 cm³/mol. The Morgan fingerprint density at radius 2 is 1.25 bits per heavy atom. The molecule has 0 rings (SSSR count). The molecule has 3 heteroatoms. The Bertz CT molecular complexity index is 201. The highest BCUT2D eigenvalue weighted by molar-refractivity contribution is 6.73. The molecule has 0 amide bonds. The molecule has 0 N–H and O–H groups in total. The van der Waals surface area contributed by atoms with Crippen LogP contribution in [-0.4, -0.2) is 40.5 Å². The molecule has 20 heavy (non-hydrogen) atoms. The summed E-state index contributed by atoms with van der Waals surface area (Å²) >= 11 is 0. The summed E-state index contributed by atoms with van der Waals surface area (Å²) < 4.78 is 6.58. The summed E-state index contributed by atoms with van der Waals surface area (Å²) in [6, 6.07) is 4.15. The maximum atomic E-state index is 6.58. The number of nitrogens with zero attached hydrogens (tertiary/aromatic N) is 1. The van der Waals surface area contributed by atoms with Crippen LogP contribution in [0.1, 0.15) is 65.7 Å². The zero-order valence-corrected chi connectivity index (χ0v) is 15.8. The third-order valence-corrected chi connectivity index (χ3v) is 8.73. The molecule has 0 spiro atoms. The summed E-state index contributed by atoms with van der Waals surface area (Å²) in [6.45, 7) is 9.11. The maximum absolute atomic E-state index is 6.58. The van der Waals surface area contributed by atoms with Crippen molar-refractivity contribution in [2.24, 2.45) is 0 Å². The van der Waals surface area contributed by atoms with Gasteiger partial charge in [0.15, 0.2) is 8.32 Å². The van der Waals surface area contributed by atoms with Crippen molar-refractivity contribution in [3.8, 4) is 0 Å². The van der Waals surface area contributed by atoms with Crippen LogP contribution in [0.3, 0.4) is 0 Å². The molecule has 0 heterocycles. The zero-order valence-electron chi connectivity index (χ0n) is 14.8. The summed E-state index contributed by atoms with van der Waals surface area (Å²) in [7, 11) is 2.89. The summed E-state index contributed by atoms with van der Waals surface area (Å²) in [5.41, 5.74) is 0. The van der Waals surface area contributed by atoms with E-state index in [9.17, 15) is 0 Å². The van der Waals surface area contributed by atoms with Crippen LogP contribution in [-0.2, 0) is 4.43 Å². The maximum Gasteiger partial charge on any atom is 0.192 e. The van der Waals surface area contributed by atoms with Crippen molar-refractivity contribution in [2.45, 2.75) is 83.8 Å². The first-order valence-electron chi connectivity index (χ1n) is 8.89. The average molecular weight is 302 g/mol. The molecule has 0 aliphatic carbocycles. The molecule has 0 atom stereocenters. The van der Waals surface area contributed by atoms with Gasteiger partial charge in [-0.15, -0.1) is 0 Å². The van der Waals surface area contributed by atoms with Crippen LogP contribution < -0.4 is 0 Å². The second-order valence-electron chi connectivity index (χ2n) is 6.50. The van der Waals surface area contributed by atoms with Crippen molar-refractivity contribution in [2.75, 3.05) is 27.2 Å². The van der Waals surface area contributed by atoms with E-state index in [4.69, 9.17) is 4.43 Å². The van der Waals surface area contributed by atoms with Gasteiger partial charge < -0.3 is 9.33 Å². The van der Waals surface area contributed by atoms with E-state index in [1.807, 2.05) is 0 Å². The summed E-state index contributed by atoms with van der Waals surface area (Å²) in [6.07, 6.45) is 9.16. The lowest BCUT2D eigenvalue weighted by atomic mass is 10.4. The molecule has 0 saturated heterocycles. The Hall–Kier alpha value is 0.137. The Kier molecular flexibility index (Phi) is 12.9. The lowest BCUT2D eigenvalue weighted by Gasteiger charge is -2.32. The quantitative estimate of drug-likeness (QED) is 0.319. The van der Waals surface area contributed by atoms with Crippen LogP contribution in [0.4, 0.5) is 0 Å². The lowest BCUT2D eigenvalue weighted by Crippen LogP contribution is -2.39. The topological polar surface area (TPSA) is 12.5 Å². The molecule has 2 nitrogen and oxygen atoms in total. The van der Waals surface area contributed by atoms with E-state index < -0.39 is 8.32 Å². The molecule has 0 unspecified atom stereocenters. The minimum atomic E-state index is -1.47. The van der Waals surface area contributed by atoms with Crippen LogP contribution in [0.2, 0.25) is 18.1 Å². The van der Waals surface area contributed by atoms with Crippen LogP contribution >= 0.6 is 0 Å². The van der Waals surface area contributed by atoms with Gasteiger partial charge in [-0.3, -0.25) is 0 Å². The first-order chi connectivity index (χ1) is 9.60. The van der Waals surface area contributed by atoms with Gasteiger partial charge in [0.1, 0.15) is 0 Å². The smallest absolute Gasteiger partial charge is 0.192 e.